The minimum absolute atomic E-state index is 0.116. The molecule has 1 aliphatic rings. The first-order chi connectivity index (χ1) is 9.83. The third kappa shape index (κ3) is 2.99. The maximum atomic E-state index is 11.9. The molecule has 1 aromatic heterocycles. The molecule has 0 spiro atoms. The van der Waals surface area contributed by atoms with E-state index in [1.54, 1.807) is 18.4 Å². The molecule has 3 nitrogen and oxygen atoms in total. The average Bonchev–Trinajstić information content (AvgIpc) is 3.17. The van der Waals surface area contributed by atoms with E-state index in [1.165, 1.54) is 16.9 Å². The molecule has 2 aromatic rings. The summed E-state index contributed by atoms with van der Waals surface area (Å²) < 4.78 is 5.14. The molecular formula is C17H20NO2+. The molecule has 0 radical (unpaired) electrons. The lowest BCUT2D eigenvalue weighted by Crippen LogP contribution is -3.10. The standard InChI is InChI=1S/C17H19NO2/c19-16(17-7-4-12-20-17)9-11-18-10-8-15(13-18)14-5-2-1-3-6-14/h1-7,12,15H,8-11,13H2/p+1. The van der Waals surface area contributed by atoms with Crippen LogP contribution in [0, 0.1) is 0 Å². The van der Waals surface area contributed by atoms with Crippen molar-refractivity contribution in [1.29, 1.82) is 0 Å². The Labute approximate surface area is 119 Å². The second-order valence-electron chi connectivity index (χ2n) is 5.50. The minimum Gasteiger partial charge on any atom is -0.461 e. The normalized spacial score (nSPS) is 22.0. The Morgan fingerprint density at radius 2 is 2.05 bits per heavy atom. The molecule has 2 heterocycles. The Morgan fingerprint density at radius 1 is 1.20 bits per heavy atom. The number of furan rings is 1. The SMILES string of the molecule is O=C(CC[NH+]1CCC(c2ccccc2)C1)c1ccco1. The van der Waals surface area contributed by atoms with Crippen molar-refractivity contribution in [2.45, 2.75) is 18.8 Å². The lowest BCUT2D eigenvalue weighted by atomic mass is 9.99. The van der Waals surface area contributed by atoms with Gasteiger partial charge in [-0.05, 0) is 17.7 Å². The van der Waals surface area contributed by atoms with Gasteiger partial charge >= 0.3 is 0 Å². The average molecular weight is 270 g/mol. The summed E-state index contributed by atoms with van der Waals surface area (Å²) in [5.74, 6) is 1.25. The van der Waals surface area contributed by atoms with Crippen LogP contribution in [-0.2, 0) is 0 Å². The van der Waals surface area contributed by atoms with Crippen LogP contribution in [-0.4, -0.2) is 25.4 Å². The summed E-state index contributed by atoms with van der Waals surface area (Å²) in [6.45, 7) is 3.20. The predicted molar refractivity (Wildman–Crippen MR) is 77.0 cm³/mol. The minimum atomic E-state index is 0.116. The zero-order chi connectivity index (χ0) is 13.8. The monoisotopic (exact) mass is 270 g/mol. The van der Waals surface area contributed by atoms with Gasteiger partial charge in [-0.2, -0.15) is 0 Å². The zero-order valence-electron chi connectivity index (χ0n) is 11.5. The summed E-state index contributed by atoms with van der Waals surface area (Å²) in [5.41, 5.74) is 1.43. The molecule has 104 valence electrons. The molecule has 20 heavy (non-hydrogen) atoms. The van der Waals surface area contributed by atoms with Crippen LogP contribution >= 0.6 is 0 Å². The fraction of sp³-hybridized carbons (Fsp3) is 0.353. The van der Waals surface area contributed by atoms with E-state index in [1.807, 2.05) is 0 Å². The fourth-order valence-corrected chi connectivity index (χ4v) is 3.02. The van der Waals surface area contributed by atoms with Crippen LogP contribution in [0.2, 0.25) is 0 Å². The summed E-state index contributed by atoms with van der Waals surface area (Å²) >= 11 is 0. The van der Waals surface area contributed by atoms with Gasteiger partial charge in [-0.1, -0.05) is 30.3 Å². The summed E-state index contributed by atoms with van der Waals surface area (Å²) in [6, 6.07) is 14.2. The second kappa shape index (κ2) is 6.06. The quantitative estimate of drug-likeness (QED) is 0.842. The van der Waals surface area contributed by atoms with E-state index >= 15 is 0 Å². The lowest BCUT2D eigenvalue weighted by molar-refractivity contribution is -0.887. The molecule has 0 saturated carbocycles. The van der Waals surface area contributed by atoms with E-state index in [0.29, 0.717) is 18.1 Å². The molecule has 2 atom stereocenters. The first-order valence-corrected chi connectivity index (χ1v) is 7.28. The molecule has 3 rings (SSSR count). The predicted octanol–water partition coefficient (Wildman–Crippen LogP) is 1.92. The van der Waals surface area contributed by atoms with Gasteiger partial charge in [-0.15, -0.1) is 0 Å². The number of benzene rings is 1. The fourth-order valence-electron chi connectivity index (χ4n) is 3.02. The first-order valence-electron chi connectivity index (χ1n) is 7.28. The molecule has 0 amide bonds. The number of rotatable bonds is 5. The highest BCUT2D eigenvalue weighted by atomic mass is 16.3. The number of quaternary nitrogens is 1. The van der Waals surface area contributed by atoms with Crippen molar-refractivity contribution in [1.82, 2.24) is 0 Å². The molecule has 0 bridgehead atoms. The van der Waals surface area contributed by atoms with Gasteiger partial charge in [0.15, 0.2) is 5.76 Å². The second-order valence-corrected chi connectivity index (χ2v) is 5.50. The van der Waals surface area contributed by atoms with Crippen LogP contribution in [0.4, 0.5) is 0 Å². The molecule has 3 heteroatoms. The number of carbonyl (C=O) groups excluding carboxylic acids is 1. The number of nitrogens with one attached hydrogen (secondary N) is 1. The van der Waals surface area contributed by atoms with Crippen molar-refractivity contribution in [3.05, 3.63) is 60.1 Å². The van der Waals surface area contributed by atoms with Crippen LogP contribution in [0.25, 0.3) is 0 Å². The van der Waals surface area contributed by atoms with Crippen molar-refractivity contribution in [2.75, 3.05) is 19.6 Å². The number of carbonyl (C=O) groups is 1. The molecular weight excluding hydrogens is 250 g/mol. The van der Waals surface area contributed by atoms with Gasteiger partial charge in [-0.3, -0.25) is 4.79 Å². The van der Waals surface area contributed by atoms with Crippen molar-refractivity contribution >= 4 is 5.78 Å². The molecule has 1 N–H and O–H groups in total. The van der Waals surface area contributed by atoms with Gasteiger partial charge in [0.25, 0.3) is 0 Å². The molecule has 2 unspecified atom stereocenters. The third-order valence-electron chi connectivity index (χ3n) is 4.15. The highest BCUT2D eigenvalue weighted by molar-refractivity contribution is 5.93. The number of hydrogen-bond acceptors (Lipinski definition) is 2. The van der Waals surface area contributed by atoms with E-state index < -0.39 is 0 Å². The van der Waals surface area contributed by atoms with E-state index in [0.717, 1.165) is 19.6 Å². The Hall–Kier alpha value is -1.87. The van der Waals surface area contributed by atoms with E-state index in [2.05, 4.69) is 30.3 Å². The summed E-state index contributed by atoms with van der Waals surface area (Å²) in [5, 5.41) is 0. The Morgan fingerprint density at radius 3 is 2.80 bits per heavy atom. The van der Waals surface area contributed by atoms with Crippen molar-refractivity contribution in [3.8, 4) is 0 Å². The van der Waals surface area contributed by atoms with Crippen molar-refractivity contribution in [3.63, 3.8) is 0 Å². The van der Waals surface area contributed by atoms with Gasteiger partial charge in [0.1, 0.15) is 0 Å². The molecule has 1 aliphatic heterocycles. The summed E-state index contributed by atoms with van der Waals surface area (Å²) in [7, 11) is 0. The van der Waals surface area contributed by atoms with Crippen molar-refractivity contribution in [2.24, 2.45) is 0 Å². The number of Topliss-reactive ketones (excluding diaryl/α,β-unsaturated/α-hetero) is 1. The lowest BCUT2D eigenvalue weighted by Gasteiger charge is -2.12. The van der Waals surface area contributed by atoms with Gasteiger partial charge in [0.2, 0.25) is 5.78 Å². The molecule has 1 saturated heterocycles. The topological polar surface area (TPSA) is 34.7 Å². The van der Waals surface area contributed by atoms with Crippen LogP contribution in [0.5, 0.6) is 0 Å². The maximum absolute atomic E-state index is 11.9. The largest absolute Gasteiger partial charge is 0.461 e. The van der Waals surface area contributed by atoms with Crippen LogP contribution in [0.3, 0.4) is 0 Å². The van der Waals surface area contributed by atoms with Crippen LogP contribution in [0.15, 0.2) is 53.1 Å². The van der Waals surface area contributed by atoms with E-state index in [9.17, 15) is 4.79 Å². The Balaban J connectivity index is 1.50. The molecule has 1 aromatic carbocycles. The number of likely N-dealkylation sites (tertiary alicyclic amines) is 1. The van der Waals surface area contributed by atoms with Gasteiger partial charge < -0.3 is 9.32 Å². The zero-order valence-corrected chi connectivity index (χ0v) is 11.5. The Kier molecular flexibility index (Phi) is 3.97. The molecule has 0 aliphatic carbocycles. The van der Waals surface area contributed by atoms with Crippen molar-refractivity contribution < 1.29 is 14.1 Å². The number of ketones is 1. The number of hydrogen-bond donors (Lipinski definition) is 1. The highest BCUT2D eigenvalue weighted by Gasteiger charge is 2.27. The van der Waals surface area contributed by atoms with E-state index in [-0.39, 0.29) is 5.78 Å². The highest BCUT2D eigenvalue weighted by Crippen LogP contribution is 2.19. The third-order valence-corrected chi connectivity index (χ3v) is 4.15. The van der Waals surface area contributed by atoms with Crippen LogP contribution < -0.4 is 4.90 Å². The first kappa shape index (κ1) is 13.1. The van der Waals surface area contributed by atoms with E-state index in [4.69, 9.17) is 4.42 Å². The smallest absolute Gasteiger partial charge is 0.203 e. The van der Waals surface area contributed by atoms with Crippen LogP contribution in [0.1, 0.15) is 34.9 Å². The maximum Gasteiger partial charge on any atom is 0.203 e. The van der Waals surface area contributed by atoms with Gasteiger partial charge in [0.05, 0.1) is 32.3 Å². The van der Waals surface area contributed by atoms with Gasteiger partial charge in [0, 0.05) is 12.3 Å². The summed E-state index contributed by atoms with van der Waals surface area (Å²) in [4.78, 5) is 13.4. The Bertz CT molecular complexity index is 548. The molecule has 1 fully saturated rings. The summed E-state index contributed by atoms with van der Waals surface area (Å²) in [6.07, 6.45) is 3.35. The van der Waals surface area contributed by atoms with Gasteiger partial charge in [-0.25, -0.2) is 0 Å².